The van der Waals surface area contributed by atoms with Crippen LogP contribution in [0, 0.1) is 0 Å². The highest BCUT2D eigenvalue weighted by molar-refractivity contribution is 7.16. The van der Waals surface area contributed by atoms with E-state index in [2.05, 4.69) is 10.4 Å². The molecule has 0 saturated carbocycles. The highest BCUT2D eigenvalue weighted by Gasteiger charge is 2.29. The number of hydrogen-bond acceptors (Lipinski definition) is 3. The van der Waals surface area contributed by atoms with Crippen LogP contribution in [-0.4, -0.2) is 27.3 Å². The van der Waals surface area contributed by atoms with Gasteiger partial charge in [0.05, 0.1) is 22.6 Å². The summed E-state index contributed by atoms with van der Waals surface area (Å²) in [5, 5.41) is 7.23. The molecule has 0 unspecified atom stereocenters. The maximum Gasteiger partial charge on any atom is 0.318 e. The molecule has 1 aliphatic heterocycles. The number of piperidine rings is 1. The third kappa shape index (κ3) is 3.28. The molecule has 118 valence electrons. The third-order valence-electron chi connectivity index (χ3n) is 4.01. The van der Waals surface area contributed by atoms with E-state index in [1.165, 1.54) is 11.3 Å². The summed E-state index contributed by atoms with van der Waals surface area (Å²) in [7, 11) is 1.92. The van der Waals surface area contributed by atoms with E-state index >= 15 is 0 Å². The second-order valence-corrected chi connectivity index (χ2v) is 7.25. The van der Waals surface area contributed by atoms with E-state index in [-0.39, 0.29) is 12.1 Å². The predicted molar refractivity (Wildman–Crippen MR) is 88.1 cm³/mol. The number of nitrogens with zero attached hydrogens (tertiary/aromatic N) is 3. The molecule has 0 spiro atoms. The molecule has 0 bridgehead atoms. The summed E-state index contributed by atoms with van der Waals surface area (Å²) >= 11 is 7.41. The second kappa shape index (κ2) is 6.71. The summed E-state index contributed by atoms with van der Waals surface area (Å²) in [4.78, 5) is 15.5. The molecule has 7 heteroatoms. The van der Waals surface area contributed by atoms with Gasteiger partial charge in [-0.05, 0) is 37.5 Å². The normalized spacial score (nSPS) is 18.5. The molecular weight excluding hydrogens is 320 g/mol. The first-order valence-electron chi connectivity index (χ1n) is 7.42. The highest BCUT2D eigenvalue weighted by atomic mass is 35.5. The number of thiophene rings is 1. The molecule has 1 atom stereocenters. The number of rotatable bonds is 3. The standard InChI is InChI=1S/C15H19ClN4OS/c1-19-12(7-8-18-19)13-4-2-3-9-20(13)15(21)17-10-11-5-6-14(16)22-11/h5-8,13H,2-4,9-10H2,1H3,(H,17,21)/t13-/m0/s1. The van der Waals surface area contributed by atoms with Crippen LogP contribution in [0.25, 0.3) is 0 Å². The molecule has 1 saturated heterocycles. The zero-order valence-electron chi connectivity index (χ0n) is 12.5. The first kappa shape index (κ1) is 15.4. The van der Waals surface area contributed by atoms with E-state index in [0.29, 0.717) is 6.54 Å². The van der Waals surface area contributed by atoms with E-state index in [4.69, 9.17) is 11.6 Å². The smallest absolute Gasteiger partial charge is 0.318 e. The Morgan fingerprint density at radius 3 is 3.00 bits per heavy atom. The van der Waals surface area contributed by atoms with Gasteiger partial charge >= 0.3 is 6.03 Å². The number of halogens is 1. The molecule has 1 fully saturated rings. The maximum absolute atomic E-state index is 12.6. The van der Waals surface area contributed by atoms with Gasteiger partial charge in [0, 0.05) is 24.7 Å². The average molecular weight is 339 g/mol. The van der Waals surface area contributed by atoms with Crippen LogP contribution in [0.3, 0.4) is 0 Å². The van der Waals surface area contributed by atoms with Crippen molar-refractivity contribution in [3.05, 3.63) is 39.3 Å². The SMILES string of the molecule is Cn1nccc1[C@@H]1CCCCN1C(=O)NCc1ccc(Cl)s1. The quantitative estimate of drug-likeness (QED) is 0.930. The van der Waals surface area contributed by atoms with Gasteiger partial charge in [0.1, 0.15) is 0 Å². The van der Waals surface area contributed by atoms with Crippen LogP contribution in [0.5, 0.6) is 0 Å². The van der Waals surface area contributed by atoms with Crippen LogP contribution in [0.15, 0.2) is 24.4 Å². The monoisotopic (exact) mass is 338 g/mol. The van der Waals surface area contributed by atoms with E-state index in [1.807, 2.05) is 34.8 Å². The summed E-state index contributed by atoms with van der Waals surface area (Å²) in [6.07, 6.45) is 4.96. The van der Waals surface area contributed by atoms with Crippen LogP contribution < -0.4 is 5.32 Å². The Labute approximate surface area is 138 Å². The molecule has 3 rings (SSSR count). The zero-order chi connectivity index (χ0) is 15.5. The van der Waals surface area contributed by atoms with Gasteiger partial charge in [-0.15, -0.1) is 11.3 Å². The fraction of sp³-hybridized carbons (Fsp3) is 0.467. The molecule has 22 heavy (non-hydrogen) atoms. The number of amides is 2. The first-order valence-corrected chi connectivity index (χ1v) is 8.61. The van der Waals surface area contributed by atoms with Crippen LogP contribution in [-0.2, 0) is 13.6 Å². The fourth-order valence-electron chi connectivity index (χ4n) is 2.90. The van der Waals surface area contributed by atoms with Gasteiger partial charge in [-0.1, -0.05) is 11.6 Å². The van der Waals surface area contributed by atoms with E-state index in [9.17, 15) is 4.79 Å². The Hall–Kier alpha value is -1.53. The lowest BCUT2D eigenvalue weighted by atomic mass is 10.00. The van der Waals surface area contributed by atoms with Crippen LogP contribution in [0.4, 0.5) is 4.79 Å². The van der Waals surface area contributed by atoms with Gasteiger partial charge in [-0.25, -0.2) is 4.79 Å². The van der Waals surface area contributed by atoms with Crippen molar-refractivity contribution in [2.24, 2.45) is 7.05 Å². The molecule has 5 nitrogen and oxygen atoms in total. The molecule has 2 aromatic rings. The molecule has 0 aromatic carbocycles. The lowest BCUT2D eigenvalue weighted by Gasteiger charge is -2.35. The van der Waals surface area contributed by atoms with Gasteiger partial charge in [-0.2, -0.15) is 5.10 Å². The van der Waals surface area contributed by atoms with Crippen molar-refractivity contribution in [1.82, 2.24) is 20.0 Å². The van der Waals surface area contributed by atoms with Crippen molar-refractivity contribution in [3.63, 3.8) is 0 Å². The molecule has 1 aliphatic rings. The third-order valence-corrected chi connectivity index (χ3v) is 5.24. The summed E-state index contributed by atoms with van der Waals surface area (Å²) in [5.74, 6) is 0. The van der Waals surface area contributed by atoms with Gasteiger partial charge in [0.15, 0.2) is 0 Å². The topological polar surface area (TPSA) is 50.2 Å². The Morgan fingerprint density at radius 1 is 1.45 bits per heavy atom. The maximum atomic E-state index is 12.6. The Kier molecular flexibility index (Phi) is 4.69. The predicted octanol–water partition coefficient (Wildman–Crippen LogP) is 3.57. The van der Waals surface area contributed by atoms with Crippen molar-refractivity contribution in [2.45, 2.75) is 31.8 Å². The molecular formula is C15H19ClN4OS. The minimum atomic E-state index is -0.0181. The zero-order valence-corrected chi connectivity index (χ0v) is 14.0. The van der Waals surface area contributed by atoms with E-state index in [0.717, 1.165) is 40.7 Å². The van der Waals surface area contributed by atoms with Crippen LogP contribution in [0.1, 0.15) is 35.9 Å². The van der Waals surface area contributed by atoms with Gasteiger partial charge < -0.3 is 10.2 Å². The lowest BCUT2D eigenvalue weighted by Crippen LogP contribution is -2.44. The number of aromatic nitrogens is 2. The van der Waals surface area contributed by atoms with Crippen LogP contribution >= 0.6 is 22.9 Å². The molecule has 3 heterocycles. The summed E-state index contributed by atoms with van der Waals surface area (Å²) in [5.41, 5.74) is 1.09. The number of likely N-dealkylation sites (tertiary alicyclic amines) is 1. The minimum absolute atomic E-state index is 0.0181. The number of urea groups is 1. The largest absolute Gasteiger partial charge is 0.333 e. The molecule has 1 N–H and O–H groups in total. The molecule has 0 aliphatic carbocycles. The van der Waals surface area contributed by atoms with Gasteiger partial charge in [0.2, 0.25) is 0 Å². The number of aryl methyl sites for hydroxylation is 1. The Morgan fingerprint density at radius 2 is 2.32 bits per heavy atom. The molecule has 2 amide bonds. The summed E-state index contributed by atoms with van der Waals surface area (Å²) in [6.45, 7) is 1.30. The molecule has 0 radical (unpaired) electrons. The average Bonchev–Trinajstić information content (AvgIpc) is 3.13. The first-order chi connectivity index (χ1) is 10.6. The lowest BCUT2D eigenvalue weighted by molar-refractivity contribution is 0.147. The van der Waals surface area contributed by atoms with Crippen molar-refractivity contribution in [2.75, 3.05) is 6.54 Å². The van der Waals surface area contributed by atoms with Gasteiger partial charge in [0.25, 0.3) is 0 Å². The summed E-state index contributed by atoms with van der Waals surface area (Å²) in [6, 6.07) is 5.88. The van der Waals surface area contributed by atoms with Crippen molar-refractivity contribution in [1.29, 1.82) is 0 Å². The van der Waals surface area contributed by atoms with Crippen molar-refractivity contribution in [3.8, 4) is 0 Å². The van der Waals surface area contributed by atoms with Crippen molar-refractivity contribution >= 4 is 29.0 Å². The number of carbonyl (C=O) groups excluding carboxylic acids is 1. The summed E-state index contributed by atoms with van der Waals surface area (Å²) < 4.78 is 2.60. The van der Waals surface area contributed by atoms with Gasteiger partial charge in [-0.3, -0.25) is 4.68 Å². The minimum Gasteiger partial charge on any atom is -0.333 e. The fourth-order valence-corrected chi connectivity index (χ4v) is 3.93. The van der Waals surface area contributed by atoms with E-state index < -0.39 is 0 Å². The molecule has 2 aromatic heterocycles. The van der Waals surface area contributed by atoms with E-state index in [1.54, 1.807) is 6.20 Å². The number of nitrogens with one attached hydrogen (secondary N) is 1. The van der Waals surface area contributed by atoms with Crippen molar-refractivity contribution < 1.29 is 4.79 Å². The Balaban J connectivity index is 1.67. The Bertz CT molecular complexity index is 654. The number of hydrogen-bond donors (Lipinski definition) is 1. The highest BCUT2D eigenvalue weighted by Crippen LogP contribution is 2.30. The van der Waals surface area contributed by atoms with Crippen LogP contribution in [0.2, 0.25) is 4.34 Å². The second-order valence-electron chi connectivity index (χ2n) is 5.45. The number of carbonyl (C=O) groups is 1.